The van der Waals surface area contributed by atoms with Crippen molar-refractivity contribution in [3.63, 3.8) is 0 Å². The highest BCUT2D eigenvalue weighted by Gasteiger charge is 2.16. The lowest BCUT2D eigenvalue weighted by Gasteiger charge is -1.96. The van der Waals surface area contributed by atoms with Crippen LogP contribution in [0.3, 0.4) is 0 Å². The predicted octanol–water partition coefficient (Wildman–Crippen LogP) is 0.504. The third-order valence-electron chi connectivity index (χ3n) is 1.49. The zero-order chi connectivity index (χ0) is 7.90. The Morgan fingerprint density at radius 3 is 3.09 bits per heavy atom. The van der Waals surface area contributed by atoms with Crippen LogP contribution in [0.15, 0.2) is 27.6 Å². The van der Waals surface area contributed by atoms with E-state index in [0.29, 0.717) is 10.6 Å². The molecule has 11 heavy (non-hydrogen) atoms. The zero-order valence-electron chi connectivity index (χ0n) is 5.73. The zero-order valence-corrected chi connectivity index (χ0v) is 6.54. The van der Waals surface area contributed by atoms with Crippen molar-refractivity contribution in [1.82, 2.24) is 4.98 Å². The number of hydrogen-bond donors (Lipinski definition) is 0. The highest BCUT2D eigenvalue weighted by molar-refractivity contribution is 7.99. The molecule has 1 atom stereocenters. The molecule has 0 saturated carbocycles. The number of pyridine rings is 1. The van der Waals surface area contributed by atoms with Gasteiger partial charge in [-0.05, 0) is 18.0 Å². The van der Waals surface area contributed by atoms with Crippen molar-refractivity contribution in [2.45, 2.75) is 4.90 Å². The number of rotatable bonds is 0. The Hall–Kier alpha value is -1.16. The summed E-state index contributed by atoms with van der Waals surface area (Å²) in [7, 11) is -2.40. The molecule has 2 rings (SSSR count). The van der Waals surface area contributed by atoms with Crippen molar-refractivity contribution < 1.29 is 4.21 Å². The van der Waals surface area contributed by atoms with Crippen LogP contribution in [0.25, 0.3) is 0 Å². The summed E-state index contributed by atoms with van der Waals surface area (Å²) in [6.45, 7) is 0. The molecular formula is C7H6N2OS. The van der Waals surface area contributed by atoms with E-state index in [2.05, 4.69) is 15.3 Å². The van der Waals surface area contributed by atoms with Crippen molar-refractivity contribution >= 4 is 21.8 Å². The van der Waals surface area contributed by atoms with E-state index >= 15 is 0 Å². The van der Waals surface area contributed by atoms with Crippen LogP contribution in [0.4, 0.5) is 0 Å². The molecule has 0 saturated heterocycles. The van der Waals surface area contributed by atoms with Gasteiger partial charge < -0.3 is 0 Å². The number of hydrogen-bond acceptors (Lipinski definition) is 2. The molecule has 1 aliphatic rings. The molecule has 3 nitrogen and oxygen atoms in total. The number of nitrogens with zero attached hydrogens (tertiary/aromatic N) is 2. The fraction of sp³-hybridized carbons (Fsp3) is 0. The molecule has 1 aromatic rings. The summed E-state index contributed by atoms with van der Waals surface area (Å²) >= 11 is 0. The lowest BCUT2D eigenvalue weighted by Crippen LogP contribution is -1.93. The van der Waals surface area contributed by atoms with E-state index in [9.17, 15) is 4.21 Å². The topological polar surface area (TPSA) is 42.3 Å². The standard InChI is InChI=1S/C7H6N2OS/c1-11(10)7-3-2-4-8-6(7)5-9-11/h2-5H,1H2. The van der Waals surface area contributed by atoms with E-state index in [1.54, 1.807) is 18.3 Å². The van der Waals surface area contributed by atoms with Crippen LogP contribution in [-0.2, 0) is 9.71 Å². The van der Waals surface area contributed by atoms with E-state index in [1.807, 2.05) is 0 Å². The van der Waals surface area contributed by atoms with Gasteiger partial charge in [0.15, 0.2) is 0 Å². The lowest BCUT2D eigenvalue weighted by atomic mass is 10.4. The van der Waals surface area contributed by atoms with Crippen molar-refractivity contribution in [2.24, 2.45) is 4.40 Å². The smallest absolute Gasteiger partial charge is 0.0993 e. The maximum absolute atomic E-state index is 11.5. The first-order valence-electron chi connectivity index (χ1n) is 3.08. The highest BCUT2D eigenvalue weighted by atomic mass is 32.2. The van der Waals surface area contributed by atoms with Gasteiger partial charge >= 0.3 is 0 Å². The molecule has 0 amide bonds. The Kier molecular flexibility index (Phi) is 1.14. The maximum Gasteiger partial charge on any atom is 0.0993 e. The third kappa shape index (κ3) is 0.867. The molecule has 56 valence electrons. The molecule has 0 aliphatic carbocycles. The Morgan fingerprint density at radius 2 is 2.36 bits per heavy atom. The second-order valence-electron chi connectivity index (χ2n) is 2.26. The van der Waals surface area contributed by atoms with Gasteiger partial charge in [-0.2, -0.15) is 4.40 Å². The van der Waals surface area contributed by atoms with Gasteiger partial charge in [0.2, 0.25) is 0 Å². The summed E-state index contributed by atoms with van der Waals surface area (Å²) in [5.74, 6) is 3.50. The minimum absolute atomic E-state index is 0.639. The summed E-state index contributed by atoms with van der Waals surface area (Å²) in [6.07, 6.45) is 3.15. The normalized spacial score (nSPS) is 26.9. The van der Waals surface area contributed by atoms with Crippen LogP contribution < -0.4 is 0 Å². The summed E-state index contributed by atoms with van der Waals surface area (Å²) in [5.41, 5.74) is 0.674. The van der Waals surface area contributed by atoms with Gasteiger partial charge in [0.1, 0.15) is 0 Å². The molecule has 4 heteroatoms. The van der Waals surface area contributed by atoms with Crippen molar-refractivity contribution in [2.75, 3.05) is 0 Å². The van der Waals surface area contributed by atoms with Gasteiger partial charge in [0, 0.05) is 6.20 Å². The Balaban J connectivity index is 2.84. The van der Waals surface area contributed by atoms with Gasteiger partial charge in [0.05, 0.1) is 26.5 Å². The average molecular weight is 166 g/mol. The van der Waals surface area contributed by atoms with Crippen LogP contribution >= 0.6 is 0 Å². The molecule has 0 N–H and O–H groups in total. The molecule has 1 aliphatic heterocycles. The molecule has 1 unspecified atom stereocenters. The first kappa shape index (κ1) is 6.54. The maximum atomic E-state index is 11.5. The first-order valence-corrected chi connectivity index (χ1v) is 4.76. The minimum Gasteiger partial charge on any atom is -0.254 e. The monoisotopic (exact) mass is 166 g/mol. The molecule has 1 aromatic heterocycles. The lowest BCUT2D eigenvalue weighted by molar-refractivity contribution is 0.683. The van der Waals surface area contributed by atoms with Crippen LogP contribution in [0.1, 0.15) is 5.69 Å². The SMILES string of the molecule is C=S1(=O)N=Cc2ncccc21. The molecule has 0 bridgehead atoms. The van der Waals surface area contributed by atoms with E-state index in [4.69, 9.17) is 0 Å². The van der Waals surface area contributed by atoms with E-state index in [0.717, 1.165) is 0 Å². The van der Waals surface area contributed by atoms with Gasteiger partial charge in [-0.15, -0.1) is 0 Å². The molecular weight excluding hydrogens is 160 g/mol. The van der Waals surface area contributed by atoms with Crippen molar-refractivity contribution in [3.05, 3.63) is 24.0 Å². The van der Waals surface area contributed by atoms with Gasteiger partial charge in [-0.25, -0.2) is 4.21 Å². The second-order valence-corrected chi connectivity index (χ2v) is 4.19. The largest absolute Gasteiger partial charge is 0.254 e. The summed E-state index contributed by atoms with van der Waals surface area (Å²) in [4.78, 5) is 4.63. The quantitative estimate of drug-likeness (QED) is 0.527. The Labute approximate surface area is 65.0 Å². The molecule has 0 aromatic carbocycles. The second kappa shape index (κ2) is 1.92. The number of aromatic nitrogens is 1. The fourth-order valence-electron chi connectivity index (χ4n) is 0.961. The third-order valence-corrected chi connectivity index (χ3v) is 2.97. The summed E-state index contributed by atoms with van der Waals surface area (Å²) < 4.78 is 15.2. The predicted molar refractivity (Wildman–Crippen MR) is 45.4 cm³/mol. The van der Waals surface area contributed by atoms with Gasteiger partial charge in [0.25, 0.3) is 0 Å². The Morgan fingerprint density at radius 1 is 1.55 bits per heavy atom. The number of fused-ring (bicyclic) bond motifs is 1. The van der Waals surface area contributed by atoms with Gasteiger partial charge in [-0.1, -0.05) is 0 Å². The fourth-order valence-corrected chi connectivity index (χ4v) is 2.07. The molecule has 0 radical (unpaired) electrons. The van der Waals surface area contributed by atoms with Gasteiger partial charge in [-0.3, -0.25) is 4.98 Å². The van der Waals surface area contributed by atoms with Crippen LogP contribution in [0, 0.1) is 0 Å². The summed E-state index contributed by atoms with van der Waals surface area (Å²) in [6, 6.07) is 3.48. The van der Waals surface area contributed by atoms with E-state index in [1.165, 1.54) is 6.21 Å². The Bertz CT molecular complexity index is 420. The van der Waals surface area contributed by atoms with Crippen LogP contribution in [-0.4, -0.2) is 21.3 Å². The molecule has 0 spiro atoms. The minimum atomic E-state index is -2.40. The van der Waals surface area contributed by atoms with E-state index in [-0.39, 0.29) is 0 Å². The van der Waals surface area contributed by atoms with Crippen LogP contribution in [0.2, 0.25) is 0 Å². The molecule has 2 heterocycles. The van der Waals surface area contributed by atoms with Crippen molar-refractivity contribution in [3.8, 4) is 0 Å². The molecule has 0 fully saturated rings. The first-order chi connectivity index (χ1) is 5.20. The average Bonchev–Trinajstić information content (AvgIpc) is 2.29. The van der Waals surface area contributed by atoms with E-state index < -0.39 is 9.71 Å². The van der Waals surface area contributed by atoms with Crippen LogP contribution in [0.5, 0.6) is 0 Å². The van der Waals surface area contributed by atoms with Crippen molar-refractivity contribution in [1.29, 1.82) is 0 Å². The summed E-state index contributed by atoms with van der Waals surface area (Å²) in [5, 5.41) is 0. The highest BCUT2D eigenvalue weighted by Crippen LogP contribution is 2.19.